The second kappa shape index (κ2) is 4.21. The number of nitrogens with zero attached hydrogens (tertiary/aromatic N) is 2. The standard InChI is InChI=1S/C14H12BrN3/c1-8-3-9(2)5-10(4-8)13-17-12-6-11(15)7-16-14(12)18-13/h3-7H,1-2H3,(H,16,17,18). The van der Waals surface area contributed by atoms with E-state index < -0.39 is 0 Å². The minimum atomic E-state index is 0.743. The van der Waals surface area contributed by atoms with Crippen molar-refractivity contribution >= 4 is 27.1 Å². The summed E-state index contributed by atoms with van der Waals surface area (Å²) >= 11 is 3.41. The molecule has 0 fully saturated rings. The largest absolute Gasteiger partial charge is 0.337 e. The third kappa shape index (κ3) is 2.04. The molecule has 0 aliphatic rings. The van der Waals surface area contributed by atoms with Gasteiger partial charge in [-0.15, -0.1) is 0 Å². The van der Waals surface area contributed by atoms with Gasteiger partial charge in [0.2, 0.25) is 0 Å². The van der Waals surface area contributed by atoms with Crippen LogP contribution in [0.1, 0.15) is 11.1 Å². The Morgan fingerprint density at radius 1 is 1.06 bits per heavy atom. The average molecular weight is 302 g/mol. The molecule has 4 heteroatoms. The van der Waals surface area contributed by atoms with Crippen LogP contribution in [0.25, 0.3) is 22.6 Å². The molecule has 90 valence electrons. The molecular weight excluding hydrogens is 290 g/mol. The summed E-state index contributed by atoms with van der Waals surface area (Å²) in [5.41, 5.74) is 5.26. The molecule has 1 aromatic carbocycles. The van der Waals surface area contributed by atoms with E-state index in [2.05, 4.69) is 62.9 Å². The first-order valence-corrected chi connectivity index (χ1v) is 6.51. The third-order valence-electron chi connectivity index (χ3n) is 2.80. The Labute approximate surface area is 113 Å². The number of nitrogens with one attached hydrogen (secondary N) is 1. The van der Waals surface area contributed by atoms with Gasteiger partial charge in [-0.05, 0) is 48.0 Å². The molecule has 1 N–H and O–H groups in total. The normalized spacial score (nSPS) is 11.1. The van der Waals surface area contributed by atoms with Crippen LogP contribution >= 0.6 is 15.9 Å². The van der Waals surface area contributed by atoms with Gasteiger partial charge in [0, 0.05) is 16.2 Å². The number of rotatable bonds is 1. The molecule has 0 unspecified atom stereocenters. The predicted octanol–water partition coefficient (Wildman–Crippen LogP) is 4.00. The van der Waals surface area contributed by atoms with Crippen molar-refractivity contribution in [2.45, 2.75) is 13.8 Å². The van der Waals surface area contributed by atoms with Crippen LogP contribution in [0.4, 0.5) is 0 Å². The number of pyridine rings is 1. The Morgan fingerprint density at radius 2 is 1.78 bits per heavy atom. The van der Waals surface area contributed by atoms with Crippen molar-refractivity contribution in [3.8, 4) is 11.4 Å². The zero-order valence-electron chi connectivity index (χ0n) is 10.2. The van der Waals surface area contributed by atoms with Crippen molar-refractivity contribution < 1.29 is 0 Å². The van der Waals surface area contributed by atoms with Gasteiger partial charge in [0.15, 0.2) is 5.65 Å². The lowest BCUT2D eigenvalue weighted by Gasteiger charge is -2.01. The molecule has 0 aliphatic heterocycles. The number of aromatic amines is 1. The number of halogens is 1. The van der Waals surface area contributed by atoms with Gasteiger partial charge in [0.25, 0.3) is 0 Å². The lowest BCUT2D eigenvalue weighted by molar-refractivity contribution is 1.28. The van der Waals surface area contributed by atoms with Gasteiger partial charge in [-0.25, -0.2) is 9.97 Å². The topological polar surface area (TPSA) is 41.6 Å². The summed E-state index contributed by atoms with van der Waals surface area (Å²) in [7, 11) is 0. The van der Waals surface area contributed by atoms with Gasteiger partial charge in [-0.3, -0.25) is 0 Å². The molecule has 0 atom stereocenters. The van der Waals surface area contributed by atoms with Crippen LogP contribution in [0.5, 0.6) is 0 Å². The minimum Gasteiger partial charge on any atom is -0.337 e. The van der Waals surface area contributed by atoms with Crippen LogP contribution in [-0.2, 0) is 0 Å². The molecule has 0 bridgehead atoms. The maximum Gasteiger partial charge on any atom is 0.178 e. The minimum absolute atomic E-state index is 0.743. The molecule has 2 heterocycles. The van der Waals surface area contributed by atoms with Crippen molar-refractivity contribution in [2.24, 2.45) is 0 Å². The fraction of sp³-hybridized carbons (Fsp3) is 0.143. The molecule has 3 nitrogen and oxygen atoms in total. The van der Waals surface area contributed by atoms with Gasteiger partial charge in [0.1, 0.15) is 5.82 Å². The van der Waals surface area contributed by atoms with E-state index in [-0.39, 0.29) is 0 Å². The monoisotopic (exact) mass is 301 g/mol. The molecule has 0 saturated heterocycles. The van der Waals surface area contributed by atoms with Crippen molar-refractivity contribution in [3.05, 3.63) is 46.1 Å². The number of imidazole rings is 1. The molecule has 3 rings (SSSR count). The molecule has 18 heavy (non-hydrogen) atoms. The summed E-state index contributed by atoms with van der Waals surface area (Å²) in [6.45, 7) is 4.18. The van der Waals surface area contributed by atoms with Crippen LogP contribution in [0.15, 0.2) is 34.9 Å². The maximum absolute atomic E-state index is 4.52. The average Bonchev–Trinajstić information content (AvgIpc) is 2.70. The van der Waals surface area contributed by atoms with E-state index >= 15 is 0 Å². The van der Waals surface area contributed by atoms with Crippen molar-refractivity contribution in [3.63, 3.8) is 0 Å². The maximum atomic E-state index is 4.52. The van der Waals surface area contributed by atoms with Gasteiger partial charge in [-0.2, -0.15) is 0 Å². The van der Waals surface area contributed by atoms with Crippen molar-refractivity contribution in [2.75, 3.05) is 0 Å². The predicted molar refractivity (Wildman–Crippen MR) is 76.5 cm³/mol. The Kier molecular flexibility index (Phi) is 2.67. The summed E-state index contributed by atoms with van der Waals surface area (Å²) in [4.78, 5) is 12.1. The summed E-state index contributed by atoms with van der Waals surface area (Å²) in [5.74, 6) is 0.863. The van der Waals surface area contributed by atoms with Gasteiger partial charge in [-0.1, -0.05) is 17.2 Å². The SMILES string of the molecule is Cc1cc(C)cc(-c2nc3ncc(Br)cc3[nH]2)c1. The van der Waals surface area contributed by atoms with E-state index in [0.29, 0.717) is 0 Å². The first-order chi connectivity index (χ1) is 8.61. The van der Waals surface area contributed by atoms with E-state index in [4.69, 9.17) is 0 Å². The number of H-pyrrole nitrogens is 1. The highest BCUT2D eigenvalue weighted by molar-refractivity contribution is 9.10. The van der Waals surface area contributed by atoms with E-state index in [1.54, 1.807) is 6.20 Å². The summed E-state index contributed by atoms with van der Waals surface area (Å²) in [6.07, 6.45) is 1.76. The molecule has 0 amide bonds. The first-order valence-electron chi connectivity index (χ1n) is 5.72. The van der Waals surface area contributed by atoms with Gasteiger partial charge < -0.3 is 4.98 Å². The number of fused-ring (bicyclic) bond motifs is 1. The zero-order chi connectivity index (χ0) is 12.7. The van der Waals surface area contributed by atoms with Crippen LogP contribution in [0, 0.1) is 13.8 Å². The van der Waals surface area contributed by atoms with E-state index in [1.165, 1.54) is 11.1 Å². The van der Waals surface area contributed by atoms with Crippen LogP contribution in [0.3, 0.4) is 0 Å². The first kappa shape index (κ1) is 11.4. The van der Waals surface area contributed by atoms with E-state index in [9.17, 15) is 0 Å². The fourth-order valence-electron chi connectivity index (χ4n) is 2.12. The summed E-state index contributed by atoms with van der Waals surface area (Å²) in [6, 6.07) is 8.39. The lowest BCUT2D eigenvalue weighted by Crippen LogP contribution is -1.84. The summed E-state index contributed by atoms with van der Waals surface area (Å²) < 4.78 is 0.950. The van der Waals surface area contributed by atoms with Crippen molar-refractivity contribution in [1.82, 2.24) is 15.0 Å². The zero-order valence-corrected chi connectivity index (χ0v) is 11.7. The molecule has 0 radical (unpaired) electrons. The fourth-order valence-corrected chi connectivity index (χ4v) is 2.45. The molecule has 2 aromatic heterocycles. The van der Waals surface area contributed by atoms with Gasteiger partial charge >= 0.3 is 0 Å². The number of aromatic nitrogens is 3. The molecule has 3 aromatic rings. The number of hydrogen-bond donors (Lipinski definition) is 1. The van der Waals surface area contributed by atoms with Crippen molar-refractivity contribution in [1.29, 1.82) is 0 Å². The molecule has 0 spiro atoms. The third-order valence-corrected chi connectivity index (χ3v) is 3.23. The number of aryl methyl sites for hydroxylation is 2. The molecule has 0 aliphatic carbocycles. The van der Waals surface area contributed by atoms with Crippen LogP contribution in [0.2, 0.25) is 0 Å². The Hall–Kier alpha value is -1.68. The highest BCUT2D eigenvalue weighted by Gasteiger charge is 2.07. The van der Waals surface area contributed by atoms with E-state index in [0.717, 1.165) is 27.0 Å². The number of hydrogen-bond acceptors (Lipinski definition) is 2. The number of benzene rings is 1. The smallest absolute Gasteiger partial charge is 0.178 e. The lowest BCUT2D eigenvalue weighted by atomic mass is 10.1. The Bertz CT molecular complexity index is 711. The quantitative estimate of drug-likeness (QED) is 0.738. The van der Waals surface area contributed by atoms with E-state index in [1.807, 2.05) is 6.07 Å². The molecular formula is C14H12BrN3. The highest BCUT2D eigenvalue weighted by Crippen LogP contribution is 2.23. The Morgan fingerprint density at radius 3 is 2.50 bits per heavy atom. The Balaban J connectivity index is 2.19. The van der Waals surface area contributed by atoms with Gasteiger partial charge in [0.05, 0.1) is 5.52 Å². The second-order valence-electron chi connectivity index (χ2n) is 4.49. The van der Waals surface area contributed by atoms with Crippen LogP contribution < -0.4 is 0 Å². The second-order valence-corrected chi connectivity index (χ2v) is 5.40. The molecule has 0 saturated carbocycles. The summed E-state index contributed by atoms with van der Waals surface area (Å²) in [5, 5.41) is 0. The highest BCUT2D eigenvalue weighted by atomic mass is 79.9. The van der Waals surface area contributed by atoms with Crippen LogP contribution in [-0.4, -0.2) is 15.0 Å².